The summed E-state index contributed by atoms with van der Waals surface area (Å²) in [5.41, 5.74) is 3.91. The van der Waals surface area contributed by atoms with Gasteiger partial charge in [-0.25, -0.2) is 14.6 Å². The molecule has 6 rings (SSSR count). The van der Waals surface area contributed by atoms with E-state index >= 15 is 0 Å². The standard InChI is InChI=1S/C33H42N11O5/c1-24(21-43-23-37-40-41-43)49-31-17-25(3-4-26(31)18-34)27-19-35-33(36-20-27)38-30-22-44(39-32(30)48-16-15-47-14-13-45-2)29-7-5-28(6-8-29)42-9-11-46-12-10-42/h3-4,17,19-20,22-24,28H,5-16,21H2,1-2H3,(H,35,36,38)/q+1/t24-,28?/m0/s1. The van der Waals surface area contributed by atoms with Crippen LogP contribution in [0.3, 0.4) is 0 Å². The number of nitriles is 1. The topological polar surface area (TPSA) is 170 Å². The number of morpholine rings is 1. The summed E-state index contributed by atoms with van der Waals surface area (Å²) in [4.78, 5) is 11.7. The molecule has 2 aromatic heterocycles. The molecule has 0 bridgehead atoms. The summed E-state index contributed by atoms with van der Waals surface area (Å²) in [5, 5.41) is 29.0. The van der Waals surface area contributed by atoms with Crippen molar-refractivity contribution in [2.75, 3.05) is 65.2 Å². The molecule has 1 aromatic carbocycles. The van der Waals surface area contributed by atoms with Gasteiger partial charge in [-0.1, -0.05) is 10.8 Å². The van der Waals surface area contributed by atoms with Gasteiger partial charge in [-0.2, -0.15) is 5.26 Å². The number of ether oxygens (including phenoxy) is 5. The third-order valence-corrected chi connectivity index (χ3v) is 8.49. The number of hydrogen-bond acceptors (Lipinski definition) is 14. The zero-order chi connectivity index (χ0) is 33.8. The van der Waals surface area contributed by atoms with Crippen molar-refractivity contribution in [2.24, 2.45) is 5.10 Å². The molecule has 258 valence electrons. The maximum absolute atomic E-state index is 9.66. The highest BCUT2D eigenvalue weighted by Crippen LogP contribution is 2.28. The van der Waals surface area contributed by atoms with Crippen LogP contribution in [0.4, 0.5) is 5.95 Å². The summed E-state index contributed by atoms with van der Waals surface area (Å²) >= 11 is 0. The Balaban J connectivity index is 1.13. The first-order chi connectivity index (χ1) is 24.1. The molecule has 1 saturated heterocycles. The highest BCUT2D eigenvalue weighted by molar-refractivity contribution is 5.97. The minimum Gasteiger partial charge on any atom is -0.487 e. The van der Waals surface area contributed by atoms with E-state index in [2.05, 4.69) is 41.8 Å². The quantitative estimate of drug-likeness (QED) is 0.196. The Morgan fingerprint density at radius 1 is 1.08 bits per heavy atom. The molecule has 0 spiro atoms. The number of nitrogens with one attached hydrogen (secondary N) is 1. The maximum atomic E-state index is 9.66. The van der Waals surface area contributed by atoms with Crippen LogP contribution in [0.2, 0.25) is 0 Å². The van der Waals surface area contributed by atoms with Gasteiger partial charge in [0.05, 0.1) is 45.1 Å². The Hall–Kier alpha value is -4.82. The number of nitrogens with zero attached hydrogens (tertiary/aromatic N) is 10. The van der Waals surface area contributed by atoms with Gasteiger partial charge in [0, 0.05) is 62.1 Å². The number of rotatable bonds is 14. The van der Waals surface area contributed by atoms with Crippen molar-refractivity contribution in [1.82, 2.24) is 35.1 Å². The molecule has 16 nitrogen and oxygen atoms in total. The molecule has 2 fully saturated rings. The number of benzene rings is 1. The molecule has 49 heavy (non-hydrogen) atoms. The summed E-state index contributed by atoms with van der Waals surface area (Å²) in [7, 11) is 1.64. The largest absolute Gasteiger partial charge is 0.487 e. The molecular weight excluding hydrogens is 630 g/mol. The third-order valence-electron chi connectivity index (χ3n) is 8.49. The van der Waals surface area contributed by atoms with Gasteiger partial charge in [0.1, 0.15) is 30.9 Å². The van der Waals surface area contributed by atoms with Crippen LogP contribution in [0.25, 0.3) is 11.1 Å². The van der Waals surface area contributed by atoms with Crippen molar-refractivity contribution in [2.45, 2.75) is 51.3 Å². The average Bonchev–Trinajstić information content (AvgIpc) is 3.80. The minimum absolute atomic E-state index is 0.277. The van der Waals surface area contributed by atoms with Crippen LogP contribution < -0.4 is 10.1 Å². The first kappa shape index (κ1) is 34.1. The molecule has 1 saturated carbocycles. The van der Waals surface area contributed by atoms with E-state index < -0.39 is 0 Å². The monoisotopic (exact) mass is 672 g/mol. The lowest BCUT2D eigenvalue weighted by Crippen LogP contribution is -2.45. The van der Waals surface area contributed by atoms with Crippen molar-refractivity contribution in [3.63, 3.8) is 0 Å². The number of anilines is 1. The zero-order valence-electron chi connectivity index (χ0n) is 27.9. The number of hydrazone groups is 1. The molecule has 16 heteroatoms. The van der Waals surface area contributed by atoms with E-state index in [1.165, 1.54) is 12.0 Å². The van der Waals surface area contributed by atoms with Gasteiger partial charge in [0.15, 0.2) is 11.4 Å². The Bertz CT molecular complexity index is 1650. The second kappa shape index (κ2) is 17.0. The molecule has 1 atom stereocenters. The highest BCUT2D eigenvalue weighted by atomic mass is 16.5. The molecule has 0 unspecified atom stereocenters. The van der Waals surface area contributed by atoms with Gasteiger partial charge in [-0.05, 0) is 47.9 Å². The van der Waals surface area contributed by atoms with Gasteiger partial charge < -0.3 is 29.0 Å². The maximum Gasteiger partial charge on any atom is 0.309 e. The molecule has 3 aromatic rings. The Morgan fingerprint density at radius 2 is 1.88 bits per heavy atom. The van der Waals surface area contributed by atoms with Gasteiger partial charge >= 0.3 is 5.90 Å². The molecule has 1 aliphatic carbocycles. The second-order valence-electron chi connectivity index (χ2n) is 11.9. The number of hydrogen-bond donors (Lipinski definition) is 1. The van der Waals surface area contributed by atoms with E-state index in [-0.39, 0.29) is 6.10 Å². The lowest BCUT2D eigenvalue weighted by Gasteiger charge is -2.36. The fraction of sp³-hybridized carbons (Fsp3) is 0.515. The van der Waals surface area contributed by atoms with Crippen molar-refractivity contribution < 1.29 is 28.4 Å². The van der Waals surface area contributed by atoms with Gasteiger partial charge in [0.2, 0.25) is 12.1 Å². The van der Waals surface area contributed by atoms with Crippen LogP contribution in [0.5, 0.6) is 5.75 Å². The molecule has 3 aliphatic rings. The zero-order valence-corrected chi connectivity index (χ0v) is 27.9. The number of tetrazole rings is 1. The van der Waals surface area contributed by atoms with Crippen LogP contribution in [0, 0.1) is 11.3 Å². The highest BCUT2D eigenvalue weighted by Gasteiger charge is 2.33. The fourth-order valence-corrected chi connectivity index (χ4v) is 5.96. The first-order valence-electron chi connectivity index (χ1n) is 16.6. The smallest absolute Gasteiger partial charge is 0.309 e. The Labute approximate surface area is 285 Å². The minimum atomic E-state index is -0.277. The molecule has 4 heterocycles. The van der Waals surface area contributed by atoms with Crippen molar-refractivity contribution in [3.8, 4) is 22.9 Å². The van der Waals surface area contributed by atoms with Crippen LogP contribution in [-0.4, -0.2) is 123 Å². The Kier molecular flexibility index (Phi) is 11.8. The van der Waals surface area contributed by atoms with Crippen molar-refractivity contribution in [3.05, 3.63) is 54.4 Å². The van der Waals surface area contributed by atoms with E-state index in [0.717, 1.165) is 63.1 Å². The summed E-state index contributed by atoms with van der Waals surface area (Å²) in [6.45, 7) is 7.71. The van der Waals surface area contributed by atoms with Gasteiger partial charge in [0.25, 0.3) is 0 Å². The number of aromatic nitrogens is 6. The molecule has 1 N–H and O–H groups in total. The summed E-state index contributed by atoms with van der Waals surface area (Å²) in [5.74, 6) is 1.31. The van der Waals surface area contributed by atoms with E-state index in [9.17, 15) is 5.26 Å². The first-order valence-corrected chi connectivity index (χ1v) is 16.6. The fourth-order valence-electron chi connectivity index (χ4n) is 5.96. The predicted octanol–water partition coefficient (Wildman–Crippen LogP) is 2.46. The molecule has 0 amide bonds. The third kappa shape index (κ3) is 9.21. The van der Waals surface area contributed by atoms with Crippen LogP contribution in [0.15, 0.2) is 53.9 Å². The van der Waals surface area contributed by atoms with Crippen molar-refractivity contribution >= 4 is 17.6 Å². The lowest BCUT2D eigenvalue weighted by molar-refractivity contribution is -0.462. The van der Waals surface area contributed by atoms with E-state index in [1.807, 2.05) is 29.9 Å². The van der Waals surface area contributed by atoms with E-state index in [1.54, 1.807) is 30.3 Å². The molecule has 0 radical (unpaired) electrons. The summed E-state index contributed by atoms with van der Waals surface area (Å²) in [6.07, 6.45) is 10.7. The lowest BCUT2D eigenvalue weighted by atomic mass is 9.92. The van der Waals surface area contributed by atoms with Gasteiger partial charge in [-0.3, -0.25) is 4.90 Å². The van der Waals surface area contributed by atoms with E-state index in [4.69, 9.17) is 28.8 Å². The summed E-state index contributed by atoms with van der Waals surface area (Å²) < 4.78 is 31.9. The van der Waals surface area contributed by atoms with Crippen molar-refractivity contribution in [1.29, 1.82) is 5.26 Å². The van der Waals surface area contributed by atoms with Gasteiger partial charge in [-0.15, -0.1) is 5.10 Å². The SMILES string of the molecule is COCCOCCOC1=N[N+](=C2CCC(N3CCOCC3)CC2)C=C1Nc1ncc(-c2ccc(C#N)c(O[C@@H](C)Cn3cnnn3)c2)cn1. The number of methoxy groups -OCH3 is 1. The second-order valence-corrected chi connectivity index (χ2v) is 11.9. The van der Waals surface area contributed by atoms with Crippen LogP contribution in [-0.2, 0) is 25.5 Å². The normalized spacial score (nSPS) is 18.8. The van der Waals surface area contributed by atoms with E-state index in [0.29, 0.717) is 67.9 Å². The predicted molar refractivity (Wildman–Crippen MR) is 178 cm³/mol. The molecular formula is C33H42N11O5+. The van der Waals surface area contributed by atoms with Crippen LogP contribution in [0.1, 0.15) is 38.2 Å². The summed E-state index contributed by atoms with van der Waals surface area (Å²) in [6, 6.07) is 8.16. The average molecular weight is 673 g/mol. The molecule has 2 aliphatic heterocycles. The van der Waals surface area contributed by atoms with Crippen LogP contribution >= 0.6 is 0 Å². The Morgan fingerprint density at radius 3 is 2.61 bits per heavy atom.